The highest BCUT2D eigenvalue weighted by Gasteiger charge is 2.28. The maximum atomic E-state index is 12.5. The maximum Gasteiger partial charge on any atom is 0.252 e. The van der Waals surface area contributed by atoms with Gasteiger partial charge in [0, 0.05) is 32.3 Å². The highest BCUT2D eigenvalue weighted by atomic mass is 16.5. The van der Waals surface area contributed by atoms with E-state index in [0.29, 0.717) is 24.6 Å². The van der Waals surface area contributed by atoms with E-state index in [9.17, 15) is 4.79 Å². The Hall–Kier alpha value is -1.95. The van der Waals surface area contributed by atoms with Crippen molar-refractivity contribution in [3.63, 3.8) is 0 Å². The van der Waals surface area contributed by atoms with Gasteiger partial charge < -0.3 is 10.1 Å². The number of fused-ring (bicyclic) bond motifs is 1. The summed E-state index contributed by atoms with van der Waals surface area (Å²) in [7, 11) is 3.48. The molecule has 1 fully saturated rings. The summed E-state index contributed by atoms with van der Waals surface area (Å²) in [6.45, 7) is 2.91. The lowest BCUT2D eigenvalue weighted by Crippen LogP contribution is -2.27. The fraction of sp³-hybridized carbons (Fsp3) is 0.533. The molecule has 2 heterocycles. The number of amides is 1. The van der Waals surface area contributed by atoms with Crippen molar-refractivity contribution in [2.45, 2.75) is 25.7 Å². The van der Waals surface area contributed by atoms with E-state index >= 15 is 0 Å². The van der Waals surface area contributed by atoms with Gasteiger partial charge in [0.05, 0.1) is 23.3 Å². The molecule has 2 aromatic heterocycles. The lowest BCUT2D eigenvalue weighted by Gasteiger charge is -2.08. The number of rotatable bonds is 5. The Bertz CT molecular complexity index is 689. The molecule has 1 amide bonds. The van der Waals surface area contributed by atoms with Crippen LogP contribution < -0.4 is 5.32 Å². The van der Waals surface area contributed by atoms with E-state index in [4.69, 9.17) is 9.72 Å². The topological polar surface area (TPSA) is 69.0 Å². The van der Waals surface area contributed by atoms with E-state index in [1.807, 2.05) is 20.0 Å². The van der Waals surface area contributed by atoms with E-state index < -0.39 is 0 Å². The van der Waals surface area contributed by atoms with Crippen molar-refractivity contribution < 1.29 is 9.53 Å². The zero-order valence-electron chi connectivity index (χ0n) is 12.6. The van der Waals surface area contributed by atoms with Crippen molar-refractivity contribution in [2.75, 3.05) is 20.3 Å². The zero-order valence-corrected chi connectivity index (χ0v) is 12.6. The monoisotopic (exact) mass is 288 g/mol. The fourth-order valence-electron chi connectivity index (χ4n) is 2.59. The summed E-state index contributed by atoms with van der Waals surface area (Å²) in [5.41, 5.74) is 3.29. The fourth-order valence-corrected chi connectivity index (χ4v) is 2.59. The van der Waals surface area contributed by atoms with E-state index in [1.165, 1.54) is 0 Å². The number of carbonyl (C=O) groups excluding carboxylic acids is 1. The quantitative estimate of drug-likeness (QED) is 0.847. The minimum atomic E-state index is -0.0857. The predicted octanol–water partition coefficient (Wildman–Crippen LogP) is 1.53. The van der Waals surface area contributed by atoms with E-state index in [0.717, 1.165) is 35.3 Å². The van der Waals surface area contributed by atoms with Crippen LogP contribution in [0.1, 0.15) is 40.5 Å². The van der Waals surface area contributed by atoms with Gasteiger partial charge in [-0.3, -0.25) is 9.48 Å². The van der Waals surface area contributed by atoms with Crippen LogP contribution in [0.3, 0.4) is 0 Å². The number of nitrogens with one attached hydrogen (secondary N) is 1. The van der Waals surface area contributed by atoms with Crippen LogP contribution in [0.4, 0.5) is 0 Å². The second-order valence-electron chi connectivity index (χ2n) is 5.53. The van der Waals surface area contributed by atoms with Crippen molar-refractivity contribution in [3.05, 3.63) is 23.0 Å². The van der Waals surface area contributed by atoms with Crippen LogP contribution in [0, 0.1) is 6.92 Å². The number of aromatic nitrogens is 3. The van der Waals surface area contributed by atoms with Crippen LogP contribution in [0.2, 0.25) is 0 Å². The van der Waals surface area contributed by atoms with Crippen LogP contribution in [0.25, 0.3) is 11.0 Å². The summed E-state index contributed by atoms with van der Waals surface area (Å²) >= 11 is 0. The van der Waals surface area contributed by atoms with Gasteiger partial charge in [-0.05, 0) is 25.8 Å². The smallest absolute Gasteiger partial charge is 0.252 e. The molecule has 2 aromatic rings. The second kappa shape index (κ2) is 5.44. The van der Waals surface area contributed by atoms with Gasteiger partial charge >= 0.3 is 0 Å². The van der Waals surface area contributed by atoms with Crippen LogP contribution in [0.5, 0.6) is 0 Å². The normalized spacial score (nSPS) is 14.6. The summed E-state index contributed by atoms with van der Waals surface area (Å²) in [4.78, 5) is 17.2. The molecule has 0 atom stereocenters. The van der Waals surface area contributed by atoms with Crippen LogP contribution >= 0.6 is 0 Å². The third-order valence-electron chi connectivity index (χ3n) is 3.82. The molecule has 1 aliphatic carbocycles. The molecular weight excluding hydrogens is 268 g/mol. The Morgan fingerprint density at radius 2 is 2.29 bits per heavy atom. The highest BCUT2D eigenvalue weighted by molar-refractivity contribution is 6.06. The van der Waals surface area contributed by atoms with Gasteiger partial charge in [0.25, 0.3) is 5.91 Å². The molecule has 6 heteroatoms. The summed E-state index contributed by atoms with van der Waals surface area (Å²) < 4.78 is 6.72. The Labute approximate surface area is 123 Å². The van der Waals surface area contributed by atoms with E-state index in [-0.39, 0.29) is 5.91 Å². The summed E-state index contributed by atoms with van der Waals surface area (Å²) in [5.74, 6) is 0.410. The molecule has 0 aromatic carbocycles. The van der Waals surface area contributed by atoms with Crippen molar-refractivity contribution in [1.82, 2.24) is 20.1 Å². The first-order chi connectivity index (χ1) is 10.1. The van der Waals surface area contributed by atoms with Crippen molar-refractivity contribution in [1.29, 1.82) is 0 Å². The Morgan fingerprint density at radius 1 is 1.52 bits per heavy atom. The lowest BCUT2D eigenvalue weighted by atomic mass is 10.1. The minimum Gasteiger partial charge on any atom is -0.383 e. The first-order valence-corrected chi connectivity index (χ1v) is 7.23. The molecule has 112 valence electrons. The van der Waals surface area contributed by atoms with Gasteiger partial charge in [0.1, 0.15) is 0 Å². The van der Waals surface area contributed by atoms with Gasteiger partial charge in [0.2, 0.25) is 0 Å². The Morgan fingerprint density at radius 3 is 2.95 bits per heavy atom. The number of aryl methyl sites for hydroxylation is 2. The summed E-state index contributed by atoms with van der Waals surface area (Å²) in [5, 5.41) is 8.13. The molecule has 0 radical (unpaired) electrons. The third-order valence-corrected chi connectivity index (χ3v) is 3.82. The number of nitrogens with zero attached hydrogens (tertiary/aromatic N) is 3. The van der Waals surface area contributed by atoms with Crippen molar-refractivity contribution >= 4 is 16.9 Å². The number of hydrogen-bond donors (Lipinski definition) is 1. The standard InChI is InChI=1S/C15H20N4O2/c1-9-13-11(15(20)16-6-7-21-3)8-12(10-4-5-10)17-14(13)19(2)18-9/h8,10H,4-7H2,1-3H3,(H,16,20). The molecule has 1 saturated carbocycles. The average molecular weight is 288 g/mol. The number of hydrogen-bond acceptors (Lipinski definition) is 4. The minimum absolute atomic E-state index is 0.0857. The molecule has 21 heavy (non-hydrogen) atoms. The van der Waals surface area contributed by atoms with Gasteiger partial charge in [-0.1, -0.05) is 0 Å². The van der Waals surface area contributed by atoms with Gasteiger partial charge in [-0.25, -0.2) is 4.98 Å². The number of ether oxygens (including phenoxy) is 1. The second-order valence-corrected chi connectivity index (χ2v) is 5.53. The third kappa shape index (κ3) is 2.63. The van der Waals surface area contributed by atoms with Gasteiger partial charge in [0.15, 0.2) is 5.65 Å². The molecule has 0 spiro atoms. The molecule has 1 N–H and O–H groups in total. The Balaban J connectivity index is 2.04. The van der Waals surface area contributed by atoms with Crippen molar-refractivity contribution in [2.24, 2.45) is 7.05 Å². The molecule has 0 aliphatic heterocycles. The molecule has 6 nitrogen and oxygen atoms in total. The van der Waals surface area contributed by atoms with Crippen LogP contribution in [-0.2, 0) is 11.8 Å². The van der Waals surface area contributed by atoms with Gasteiger partial charge in [-0.2, -0.15) is 5.10 Å². The molecule has 3 rings (SSSR count). The Kier molecular flexibility index (Phi) is 3.63. The molecule has 0 bridgehead atoms. The molecule has 0 saturated heterocycles. The van der Waals surface area contributed by atoms with Gasteiger partial charge in [-0.15, -0.1) is 0 Å². The SMILES string of the molecule is COCCNC(=O)c1cc(C2CC2)nc2c1c(C)nn2C. The van der Waals surface area contributed by atoms with E-state index in [2.05, 4.69) is 10.4 Å². The number of methoxy groups -OCH3 is 1. The number of pyridine rings is 1. The predicted molar refractivity (Wildman–Crippen MR) is 79.4 cm³/mol. The van der Waals surface area contributed by atoms with Crippen LogP contribution in [-0.4, -0.2) is 40.9 Å². The summed E-state index contributed by atoms with van der Waals surface area (Å²) in [6.07, 6.45) is 2.31. The molecule has 1 aliphatic rings. The maximum absolute atomic E-state index is 12.5. The average Bonchev–Trinajstić information content (AvgIpc) is 3.26. The zero-order chi connectivity index (χ0) is 15.0. The summed E-state index contributed by atoms with van der Waals surface area (Å²) in [6, 6.07) is 1.93. The molecular formula is C15H20N4O2. The largest absolute Gasteiger partial charge is 0.383 e. The van der Waals surface area contributed by atoms with E-state index in [1.54, 1.807) is 11.8 Å². The number of carbonyl (C=O) groups is 1. The van der Waals surface area contributed by atoms with Crippen LogP contribution in [0.15, 0.2) is 6.07 Å². The molecule has 0 unspecified atom stereocenters. The lowest BCUT2D eigenvalue weighted by molar-refractivity contribution is 0.0938. The first-order valence-electron chi connectivity index (χ1n) is 7.23. The van der Waals surface area contributed by atoms with Crippen molar-refractivity contribution in [3.8, 4) is 0 Å². The first kappa shape index (κ1) is 14.0. The highest BCUT2D eigenvalue weighted by Crippen LogP contribution is 2.40.